The molecule has 0 bridgehead atoms. The van der Waals surface area contributed by atoms with Crippen LogP contribution in [0.4, 0.5) is 9.93 Å². The van der Waals surface area contributed by atoms with E-state index in [4.69, 9.17) is 14.0 Å². The molecule has 0 radical (unpaired) electrons. The van der Waals surface area contributed by atoms with E-state index in [9.17, 15) is 9.59 Å². The molecule has 0 saturated carbocycles. The van der Waals surface area contributed by atoms with E-state index in [1.807, 2.05) is 40.7 Å². The van der Waals surface area contributed by atoms with Crippen LogP contribution in [-0.2, 0) is 24.3 Å². The summed E-state index contributed by atoms with van der Waals surface area (Å²) in [7, 11) is 0. The number of rotatable bonds is 5. The van der Waals surface area contributed by atoms with E-state index < -0.39 is 5.60 Å². The van der Waals surface area contributed by atoms with Crippen molar-refractivity contribution in [1.82, 2.24) is 15.0 Å². The summed E-state index contributed by atoms with van der Waals surface area (Å²) >= 11 is 1.36. The predicted molar refractivity (Wildman–Crippen MR) is 127 cm³/mol. The number of nitrogens with zero attached hydrogens (tertiary/aromatic N) is 3. The fraction of sp³-hybridized carbons (Fsp3) is 0.417. The van der Waals surface area contributed by atoms with Crippen molar-refractivity contribution in [2.45, 2.75) is 59.8 Å². The van der Waals surface area contributed by atoms with E-state index in [1.165, 1.54) is 11.3 Å². The second-order valence-electron chi connectivity index (χ2n) is 9.08. The molecule has 0 fully saturated rings. The number of carbonyl (C=O) groups is 2. The Kier molecular flexibility index (Phi) is 6.60. The van der Waals surface area contributed by atoms with E-state index in [1.54, 1.807) is 23.1 Å². The summed E-state index contributed by atoms with van der Waals surface area (Å²) in [5.41, 5.74) is 2.36. The lowest BCUT2D eigenvalue weighted by molar-refractivity contribution is 0.0225. The lowest BCUT2D eigenvalue weighted by Crippen LogP contribution is -2.39. The highest BCUT2D eigenvalue weighted by Gasteiger charge is 2.28. The van der Waals surface area contributed by atoms with E-state index >= 15 is 0 Å². The van der Waals surface area contributed by atoms with Gasteiger partial charge in [0.25, 0.3) is 5.91 Å². The molecule has 1 aliphatic heterocycles. The quantitative estimate of drug-likeness (QED) is 0.550. The highest BCUT2D eigenvalue weighted by molar-refractivity contribution is 7.15. The molecular weight excluding hydrogens is 456 g/mol. The number of benzene rings is 1. The molecule has 3 heterocycles. The molecule has 180 valence electrons. The highest BCUT2D eigenvalue weighted by Crippen LogP contribution is 2.30. The zero-order chi connectivity index (χ0) is 24.5. The third kappa shape index (κ3) is 5.39. The van der Waals surface area contributed by atoms with Crippen LogP contribution in [0.2, 0.25) is 0 Å². The first-order chi connectivity index (χ1) is 16.1. The number of anilines is 1. The Labute approximate surface area is 202 Å². The second-order valence-corrected chi connectivity index (χ2v) is 10.2. The third-order valence-electron chi connectivity index (χ3n) is 5.29. The molecule has 1 N–H and O–H groups in total. The number of amides is 2. The Balaban J connectivity index is 1.43. The normalized spacial score (nSPS) is 13.4. The zero-order valence-electron chi connectivity index (χ0n) is 19.9. The van der Waals surface area contributed by atoms with Gasteiger partial charge in [-0.2, -0.15) is 0 Å². The third-order valence-corrected chi connectivity index (χ3v) is 6.29. The Morgan fingerprint density at radius 1 is 1.24 bits per heavy atom. The van der Waals surface area contributed by atoms with Crippen molar-refractivity contribution in [2.24, 2.45) is 0 Å². The number of hydrogen-bond donors (Lipinski definition) is 1. The number of para-hydroxylation sites is 1. The Bertz CT molecular complexity index is 1190. The molecule has 0 spiro atoms. The van der Waals surface area contributed by atoms with Gasteiger partial charge in [-0.25, -0.2) is 9.78 Å². The van der Waals surface area contributed by atoms with Crippen LogP contribution >= 0.6 is 11.3 Å². The van der Waals surface area contributed by atoms with Crippen molar-refractivity contribution >= 4 is 28.5 Å². The molecular formula is C24H28N4O5S. The first-order valence-corrected chi connectivity index (χ1v) is 11.8. The van der Waals surface area contributed by atoms with Crippen molar-refractivity contribution in [3.8, 4) is 5.75 Å². The number of nitrogens with one attached hydrogen (secondary N) is 1. The largest absolute Gasteiger partial charge is 0.488 e. The van der Waals surface area contributed by atoms with Crippen LogP contribution in [0.25, 0.3) is 0 Å². The van der Waals surface area contributed by atoms with Crippen molar-refractivity contribution in [3.05, 3.63) is 57.4 Å². The number of fused-ring (bicyclic) bond motifs is 1. The van der Waals surface area contributed by atoms with Gasteiger partial charge < -0.3 is 18.9 Å². The van der Waals surface area contributed by atoms with Gasteiger partial charge in [0, 0.05) is 17.8 Å². The number of aromatic nitrogens is 2. The smallest absolute Gasteiger partial charge is 0.410 e. The summed E-state index contributed by atoms with van der Waals surface area (Å²) < 4.78 is 16.6. The molecule has 0 aliphatic carbocycles. The standard InChI is InChI=1S/C24H28N4O5S/c1-14-17(15(2)33-27-14)13-31-19-9-7-6-8-16(19)21(29)26-22-25-18-10-11-28(12-20(18)34-22)23(30)32-24(3,4)5/h6-9H,10-13H2,1-5H3,(H,25,26,29). The maximum Gasteiger partial charge on any atom is 0.410 e. The van der Waals surface area contributed by atoms with Gasteiger partial charge in [0.05, 0.1) is 29.1 Å². The lowest BCUT2D eigenvalue weighted by atomic mass is 10.2. The predicted octanol–water partition coefficient (Wildman–Crippen LogP) is 4.87. The topological polar surface area (TPSA) is 107 Å². The monoisotopic (exact) mass is 484 g/mol. The van der Waals surface area contributed by atoms with Gasteiger partial charge in [0.2, 0.25) is 0 Å². The van der Waals surface area contributed by atoms with Crippen LogP contribution in [0, 0.1) is 13.8 Å². The Morgan fingerprint density at radius 2 is 2.00 bits per heavy atom. The van der Waals surface area contributed by atoms with Crippen molar-refractivity contribution < 1.29 is 23.6 Å². The fourth-order valence-corrected chi connectivity index (χ4v) is 4.55. The van der Waals surface area contributed by atoms with Crippen molar-refractivity contribution in [3.63, 3.8) is 0 Å². The molecule has 34 heavy (non-hydrogen) atoms. The summed E-state index contributed by atoms with van der Waals surface area (Å²) in [6.45, 7) is 10.4. The number of ether oxygens (including phenoxy) is 2. The molecule has 1 aromatic carbocycles. The molecule has 0 unspecified atom stereocenters. The van der Waals surface area contributed by atoms with Gasteiger partial charge in [0.1, 0.15) is 23.7 Å². The molecule has 2 amide bonds. The summed E-state index contributed by atoms with van der Waals surface area (Å²) in [5.74, 6) is 0.829. The molecule has 1 aliphatic rings. The van der Waals surface area contributed by atoms with Crippen LogP contribution in [0.5, 0.6) is 5.75 Å². The summed E-state index contributed by atoms with van der Waals surface area (Å²) in [6.07, 6.45) is 0.263. The SMILES string of the molecule is Cc1noc(C)c1COc1ccccc1C(=O)Nc1nc2c(s1)CN(C(=O)OC(C)(C)C)CC2. The average molecular weight is 485 g/mol. The lowest BCUT2D eigenvalue weighted by Gasteiger charge is -2.29. The zero-order valence-corrected chi connectivity index (χ0v) is 20.7. The number of hydrogen-bond acceptors (Lipinski definition) is 8. The number of carbonyl (C=O) groups excluding carboxylic acids is 2. The molecule has 3 aromatic rings. The molecule has 9 nitrogen and oxygen atoms in total. The van der Waals surface area contributed by atoms with Crippen LogP contribution in [0.1, 0.15) is 58.7 Å². The minimum absolute atomic E-state index is 0.248. The Hall–Kier alpha value is -3.40. The van der Waals surface area contributed by atoms with Crippen molar-refractivity contribution in [2.75, 3.05) is 11.9 Å². The minimum Gasteiger partial charge on any atom is -0.488 e. The molecule has 4 rings (SSSR count). The minimum atomic E-state index is -0.550. The van der Waals surface area contributed by atoms with E-state index in [0.717, 1.165) is 21.8 Å². The fourth-order valence-electron chi connectivity index (χ4n) is 3.53. The maximum atomic E-state index is 13.0. The van der Waals surface area contributed by atoms with Gasteiger partial charge in [0.15, 0.2) is 5.13 Å². The molecule has 10 heteroatoms. The Morgan fingerprint density at radius 3 is 2.71 bits per heavy atom. The summed E-state index contributed by atoms with van der Waals surface area (Å²) in [5, 5.41) is 7.30. The van der Waals surface area contributed by atoms with Crippen LogP contribution in [0.3, 0.4) is 0 Å². The van der Waals surface area contributed by atoms with Crippen LogP contribution < -0.4 is 10.1 Å². The van der Waals surface area contributed by atoms with E-state index in [-0.39, 0.29) is 18.6 Å². The van der Waals surface area contributed by atoms with Gasteiger partial charge in [-0.15, -0.1) is 0 Å². The molecule has 2 aromatic heterocycles. The number of thiazole rings is 1. The first-order valence-electron chi connectivity index (χ1n) is 11.0. The average Bonchev–Trinajstić information content (AvgIpc) is 3.32. The van der Waals surface area contributed by atoms with Crippen molar-refractivity contribution in [1.29, 1.82) is 0 Å². The summed E-state index contributed by atoms with van der Waals surface area (Å²) in [4.78, 5) is 32.6. The van der Waals surface area contributed by atoms with Gasteiger partial charge in [-0.1, -0.05) is 28.6 Å². The second kappa shape index (κ2) is 9.46. The molecule has 0 saturated heterocycles. The van der Waals surface area contributed by atoms with E-state index in [2.05, 4.69) is 15.5 Å². The first kappa shape index (κ1) is 23.7. The summed E-state index contributed by atoms with van der Waals surface area (Å²) in [6, 6.07) is 7.05. The molecule has 0 atom stereocenters. The van der Waals surface area contributed by atoms with Gasteiger partial charge in [-0.05, 0) is 46.8 Å². The van der Waals surface area contributed by atoms with E-state index in [0.29, 0.717) is 41.7 Å². The van der Waals surface area contributed by atoms with Crippen LogP contribution in [0.15, 0.2) is 28.8 Å². The number of aryl methyl sites for hydroxylation is 2. The highest BCUT2D eigenvalue weighted by atomic mass is 32.1. The van der Waals surface area contributed by atoms with Gasteiger partial charge in [-0.3, -0.25) is 10.1 Å². The van der Waals surface area contributed by atoms with Gasteiger partial charge >= 0.3 is 6.09 Å². The maximum absolute atomic E-state index is 13.0. The van der Waals surface area contributed by atoms with Crippen LogP contribution in [-0.4, -0.2) is 39.2 Å².